The van der Waals surface area contributed by atoms with Gasteiger partial charge in [-0.05, 0) is 116 Å². The van der Waals surface area contributed by atoms with Crippen LogP contribution in [-0.2, 0) is 10.2 Å². The summed E-state index contributed by atoms with van der Waals surface area (Å²) in [7, 11) is 3.20. The van der Waals surface area contributed by atoms with Gasteiger partial charge in [-0.25, -0.2) is 9.78 Å². The van der Waals surface area contributed by atoms with Crippen molar-refractivity contribution in [1.82, 2.24) is 4.98 Å². The SMILES string of the molecule is COC(=O)c1nc2ccc(-c3ccc(OC)c(C45CC6CC(CC(C6)C4)C5)c3)cc2cc1C. The zero-order valence-electron chi connectivity index (χ0n) is 19.7. The first-order valence-electron chi connectivity index (χ1n) is 12.2. The largest absolute Gasteiger partial charge is 0.496 e. The number of hydrogen-bond donors (Lipinski definition) is 0. The Morgan fingerprint density at radius 2 is 1.55 bits per heavy atom. The number of pyridine rings is 1. The monoisotopic (exact) mass is 441 g/mol. The Balaban J connectivity index is 1.42. The molecule has 1 aromatic heterocycles. The zero-order chi connectivity index (χ0) is 22.7. The van der Waals surface area contributed by atoms with E-state index < -0.39 is 5.97 Å². The number of carbonyl (C=O) groups is 1. The molecule has 7 rings (SSSR count). The second-order valence-electron chi connectivity index (χ2n) is 10.7. The van der Waals surface area contributed by atoms with Crippen LogP contribution < -0.4 is 4.74 Å². The Hall–Kier alpha value is -2.88. The number of esters is 1. The van der Waals surface area contributed by atoms with Gasteiger partial charge in [-0.3, -0.25) is 0 Å². The number of carbonyl (C=O) groups excluding carboxylic acids is 1. The third kappa shape index (κ3) is 3.34. The summed E-state index contributed by atoms with van der Waals surface area (Å²) in [6, 6.07) is 15.1. The van der Waals surface area contributed by atoms with Crippen molar-refractivity contribution in [3.05, 3.63) is 59.3 Å². The second kappa shape index (κ2) is 7.58. The first kappa shape index (κ1) is 20.7. The van der Waals surface area contributed by atoms with Crippen molar-refractivity contribution in [2.24, 2.45) is 17.8 Å². The average molecular weight is 442 g/mol. The van der Waals surface area contributed by atoms with E-state index in [9.17, 15) is 4.79 Å². The Morgan fingerprint density at radius 3 is 2.18 bits per heavy atom. The molecule has 4 aliphatic rings. The highest BCUT2D eigenvalue weighted by Gasteiger charge is 2.52. The molecule has 4 fully saturated rings. The van der Waals surface area contributed by atoms with Crippen LogP contribution in [0.5, 0.6) is 5.75 Å². The molecule has 0 radical (unpaired) electrons. The lowest BCUT2D eigenvalue weighted by molar-refractivity contribution is -0.00613. The van der Waals surface area contributed by atoms with Crippen LogP contribution in [0.3, 0.4) is 0 Å². The van der Waals surface area contributed by atoms with Crippen molar-refractivity contribution >= 4 is 16.9 Å². The summed E-state index contributed by atoms with van der Waals surface area (Å²) < 4.78 is 10.8. The molecule has 170 valence electrons. The van der Waals surface area contributed by atoms with Gasteiger partial charge in [-0.2, -0.15) is 0 Å². The van der Waals surface area contributed by atoms with Crippen molar-refractivity contribution < 1.29 is 14.3 Å². The Bertz CT molecular complexity index is 1230. The molecule has 0 N–H and O–H groups in total. The minimum absolute atomic E-state index is 0.278. The summed E-state index contributed by atoms with van der Waals surface area (Å²) in [6.45, 7) is 1.91. The summed E-state index contributed by atoms with van der Waals surface area (Å²) in [4.78, 5) is 16.6. The fraction of sp³-hybridized carbons (Fsp3) is 0.448. The molecule has 1 heterocycles. The van der Waals surface area contributed by atoms with Gasteiger partial charge in [0.15, 0.2) is 5.69 Å². The standard InChI is InChI=1S/C29H31NO3/c1-17-8-23-12-21(4-6-25(23)30-27(17)28(31)33-3)22-5-7-26(32-2)24(13-22)29-14-18-9-19(15-29)11-20(10-18)16-29/h4-8,12-13,18-20H,9-11,14-16H2,1-3H3. The van der Waals surface area contributed by atoms with Crippen LogP contribution in [0.2, 0.25) is 0 Å². The van der Waals surface area contributed by atoms with E-state index in [1.807, 2.05) is 26.2 Å². The Labute approximate surface area is 195 Å². The third-order valence-corrected chi connectivity index (χ3v) is 8.53. The molecular weight excluding hydrogens is 410 g/mol. The van der Waals surface area contributed by atoms with Gasteiger partial charge in [0.05, 0.1) is 19.7 Å². The molecule has 0 atom stereocenters. The van der Waals surface area contributed by atoms with Gasteiger partial charge in [0.25, 0.3) is 0 Å². The van der Waals surface area contributed by atoms with Gasteiger partial charge in [0, 0.05) is 10.9 Å². The quantitative estimate of drug-likeness (QED) is 0.435. The normalized spacial score (nSPS) is 27.7. The molecule has 33 heavy (non-hydrogen) atoms. The molecule has 0 amide bonds. The molecular formula is C29H31NO3. The van der Waals surface area contributed by atoms with Crippen molar-refractivity contribution in [2.75, 3.05) is 14.2 Å². The number of nitrogens with zero attached hydrogens (tertiary/aromatic N) is 1. The van der Waals surface area contributed by atoms with E-state index >= 15 is 0 Å². The number of aryl methyl sites for hydroxylation is 1. The van der Waals surface area contributed by atoms with Crippen LogP contribution in [0.25, 0.3) is 22.0 Å². The Kier molecular flexibility index (Phi) is 4.76. The average Bonchev–Trinajstić information content (AvgIpc) is 2.81. The number of rotatable bonds is 4. The predicted molar refractivity (Wildman–Crippen MR) is 130 cm³/mol. The van der Waals surface area contributed by atoms with Crippen LogP contribution in [0.1, 0.15) is 60.1 Å². The minimum atomic E-state index is -0.395. The van der Waals surface area contributed by atoms with Gasteiger partial charge >= 0.3 is 5.97 Å². The molecule has 3 aromatic rings. The first-order chi connectivity index (χ1) is 16.0. The van der Waals surface area contributed by atoms with E-state index in [-0.39, 0.29) is 5.41 Å². The van der Waals surface area contributed by atoms with Crippen molar-refractivity contribution in [2.45, 2.75) is 50.9 Å². The number of aromatic nitrogens is 1. The maximum atomic E-state index is 12.0. The predicted octanol–water partition coefficient (Wildman–Crippen LogP) is 6.47. The van der Waals surface area contributed by atoms with Crippen LogP contribution >= 0.6 is 0 Å². The number of methoxy groups -OCH3 is 2. The fourth-order valence-corrected chi connectivity index (χ4v) is 7.51. The summed E-state index contributed by atoms with van der Waals surface area (Å²) >= 11 is 0. The van der Waals surface area contributed by atoms with Gasteiger partial charge in [-0.1, -0.05) is 12.1 Å². The topological polar surface area (TPSA) is 48.4 Å². The van der Waals surface area contributed by atoms with E-state index in [4.69, 9.17) is 9.47 Å². The number of ether oxygens (including phenoxy) is 2. The van der Waals surface area contributed by atoms with Crippen LogP contribution in [-0.4, -0.2) is 25.2 Å². The van der Waals surface area contributed by atoms with E-state index in [0.717, 1.165) is 40.0 Å². The first-order valence-corrected chi connectivity index (χ1v) is 12.2. The van der Waals surface area contributed by atoms with Crippen LogP contribution in [0.4, 0.5) is 0 Å². The minimum Gasteiger partial charge on any atom is -0.496 e. The van der Waals surface area contributed by atoms with Crippen molar-refractivity contribution in [3.63, 3.8) is 0 Å². The summed E-state index contributed by atoms with van der Waals surface area (Å²) in [5.74, 6) is 3.32. The number of hydrogen-bond acceptors (Lipinski definition) is 4. The smallest absolute Gasteiger partial charge is 0.356 e. The van der Waals surface area contributed by atoms with E-state index in [0.29, 0.717) is 5.69 Å². The molecule has 0 spiro atoms. The molecule has 4 saturated carbocycles. The van der Waals surface area contributed by atoms with Gasteiger partial charge in [0.1, 0.15) is 5.75 Å². The molecule has 4 nitrogen and oxygen atoms in total. The maximum Gasteiger partial charge on any atom is 0.356 e. The maximum absolute atomic E-state index is 12.0. The summed E-state index contributed by atoms with van der Waals surface area (Å²) in [6.07, 6.45) is 8.26. The van der Waals surface area contributed by atoms with Gasteiger partial charge < -0.3 is 9.47 Å². The second-order valence-corrected chi connectivity index (χ2v) is 10.7. The molecule has 0 saturated heterocycles. The zero-order valence-corrected chi connectivity index (χ0v) is 19.7. The van der Waals surface area contributed by atoms with Crippen LogP contribution in [0.15, 0.2) is 42.5 Å². The fourth-order valence-electron chi connectivity index (χ4n) is 7.51. The summed E-state index contributed by atoms with van der Waals surface area (Å²) in [5.41, 5.74) is 6.10. The van der Waals surface area contributed by atoms with Gasteiger partial charge in [-0.15, -0.1) is 0 Å². The molecule has 4 bridgehead atoms. The number of fused-ring (bicyclic) bond motifs is 1. The molecule has 4 heteroatoms. The third-order valence-electron chi connectivity index (χ3n) is 8.53. The highest BCUT2D eigenvalue weighted by atomic mass is 16.5. The van der Waals surface area contributed by atoms with Gasteiger partial charge in [0.2, 0.25) is 0 Å². The highest BCUT2D eigenvalue weighted by Crippen LogP contribution is 2.62. The lowest BCUT2D eigenvalue weighted by atomic mass is 9.48. The molecule has 0 unspecified atom stereocenters. The van der Waals surface area contributed by atoms with Crippen molar-refractivity contribution in [1.29, 1.82) is 0 Å². The van der Waals surface area contributed by atoms with E-state index in [1.54, 1.807) is 0 Å². The molecule has 2 aromatic carbocycles. The van der Waals surface area contributed by atoms with Crippen molar-refractivity contribution in [3.8, 4) is 16.9 Å². The van der Waals surface area contributed by atoms with E-state index in [2.05, 4.69) is 35.3 Å². The summed E-state index contributed by atoms with van der Waals surface area (Å²) in [5, 5.41) is 1.03. The lowest BCUT2D eigenvalue weighted by Crippen LogP contribution is -2.48. The van der Waals surface area contributed by atoms with E-state index in [1.165, 1.54) is 62.3 Å². The Morgan fingerprint density at radius 1 is 0.909 bits per heavy atom. The highest BCUT2D eigenvalue weighted by molar-refractivity contribution is 5.94. The number of benzene rings is 2. The molecule has 4 aliphatic carbocycles. The lowest BCUT2D eigenvalue weighted by Gasteiger charge is -2.57. The van der Waals surface area contributed by atoms with Crippen LogP contribution in [0, 0.1) is 24.7 Å². The molecule has 0 aliphatic heterocycles.